The minimum absolute atomic E-state index is 0.0149. The van der Waals surface area contributed by atoms with Crippen LogP contribution in [0.5, 0.6) is 0 Å². The smallest absolute Gasteiger partial charge is 0.264 e. The molecule has 0 fully saturated rings. The second-order valence-corrected chi connectivity index (χ2v) is 12.0. The van der Waals surface area contributed by atoms with Crippen LogP contribution in [0.2, 0.25) is 20.1 Å². The number of nitrogens with zero attached hydrogens (tertiary/aromatic N) is 2. The van der Waals surface area contributed by atoms with Crippen molar-refractivity contribution in [1.82, 2.24) is 10.2 Å². The Balaban J connectivity index is 2.09. The molecule has 1 N–H and O–H groups in total. The van der Waals surface area contributed by atoms with E-state index in [-0.39, 0.29) is 39.5 Å². The van der Waals surface area contributed by atoms with Gasteiger partial charge in [-0.2, -0.15) is 0 Å². The second-order valence-electron chi connectivity index (χ2n) is 8.51. The number of nitrogens with one attached hydrogen (secondary N) is 1. The topological polar surface area (TPSA) is 86.8 Å². The maximum atomic E-state index is 14.0. The number of sulfonamides is 1. The van der Waals surface area contributed by atoms with Gasteiger partial charge in [0.15, 0.2) is 0 Å². The third kappa shape index (κ3) is 7.58. The summed E-state index contributed by atoms with van der Waals surface area (Å²) in [6.07, 6.45) is 0.284. The third-order valence-electron chi connectivity index (χ3n) is 5.86. The SMILES string of the molecule is CCNC(=O)[C@@H](CC)N(Cc1ccc(Cl)c(Cl)c1)C(=O)CN(c1ccc(Cl)cc1Cl)S(=O)(=O)c1ccccc1. The molecule has 0 aliphatic rings. The first-order valence-corrected chi connectivity index (χ1v) is 15.0. The molecule has 39 heavy (non-hydrogen) atoms. The molecule has 0 saturated carbocycles. The van der Waals surface area contributed by atoms with Crippen molar-refractivity contribution in [3.05, 3.63) is 92.4 Å². The van der Waals surface area contributed by atoms with Gasteiger partial charge in [0.05, 0.1) is 25.7 Å². The van der Waals surface area contributed by atoms with Crippen LogP contribution in [0.25, 0.3) is 0 Å². The molecule has 0 spiro atoms. The summed E-state index contributed by atoms with van der Waals surface area (Å²) in [5.41, 5.74) is 0.682. The summed E-state index contributed by atoms with van der Waals surface area (Å²) in [7, 11) is -4.25. The van der Waals surface area contributed by atoms with Gasteiger partial charge in [0.1, 0.15) is 12.6 Å². The average molecular weight is 631 g/mol. The standard InChI is InChI=1S/C27H27Cl4N3O4S/c1-3-24(27(36)32-4-2)33(16-18-10-12-21(29)22(30)14-18)26(35)17-34(25-13-11-19(28)15-23(25)31)39(37,38)20-8-6-5-7-9-20/h5-15,24H,3-4,16-17H2,1-2H3,(H,32,36)/t24-/m1/s1. The van der Waals surface area contributed by atoms with Crippen molar-refractivity contribution >= 4 is 73.9 Å². The quantitative estimate of drug-likeness (QED) is 0.264. The summed E-state index contributed by atoms with van der Waals surface area (Å²) in [5.74, 6) is -0.986. The Hall–Kier alpha value is -2.49. The van der Waals surface area contributed by atoms with Gasteiger partial charge in [-0.3, -0.25) is 13.9 Å². The summed E-state index contributed by atoms with van der Waals surface area (Å²) in [5, 5.41) is 3.72. The van der Waals surface area contributed by atoms with Crippen LogP contribution in [0.15, 0.2) is 71.6 Å². The van der Waals surface area contributed by atoms with Crippen molar-refractivity contribution in [2.45, 2.75) is 37.8 Å². The van der Waals surface area contributed by atoms with Crippen molar-refractivity contribution < 1.29 is 18.0 Å². The van der Waals surface area contributed by atoms with Crippen molar-refractivity contribution in [3.8, 4) is 0 Å². The molecule has 208 valence electrons. The zero-order valence-electron chi connectivity index (χ0n) is 21.2. The lowest BCUT2D eigenvalue weighted by Gasteiger charge is -2.33. The Labute approximate surface area is 248 Å². The van der Waals surface area contributed by atoms with Crippen molar-refractivity contribution in [3.63, 3.8) is 0 Å². The monoisotopic (exact) mass is 629 g/mol. The van der Waals surface area contributed by atoms with Crippen LogP contribution in [0.1, 0.15) is 25.8 Å². The predicted octanol–water partition coefficient (Wildman–Crippen LogP) is 6.44. The van der Waals surface area contributed by atoms with Crippen LogP contribution >= 0.6 is 46.4 Å². The van der Waals surface area contributed by atoms with E-state index in [9.17, 15) is 18.0 Å². The molecule has 2 amide bonds. The molecule has 7 nitrogen and oxygen atoms in total. The highest BCUT2D eigenvalue weighted by Gasteiger charge is 2.34. The van der Waals surface area contributed by atoms with Crippen molar-refractivity contribution in [2.24, 2.45) is 0 Å². The fourth-order valence-electron chi connectivity index (χ4n) is 3.96. The van der Waals surface area contributed by atoms with E-state index in [0.29, 0.717) is 22.2 Å². The average Bonchev–Trinajstić information content (AvgIpc) is 2.90. The number of benzene rings is 3. The molecule has 0 aliphatic carbocycles. The Kier molecular flexibility index (Phi) is 10.9. The minimum Gasteiger partial charge on any atom is -0.355 e. The lowest BCUT2D eigenvalue weighted by atomic mass is 10.1. The van der Waals surface area contributed by atoms with Crippen LogP contribution in [0.4, 0.5) is 5.69 Å². The van der Waals surface area contributed by atoms with Gasteiger partial charge >= 0.3 is 0 Å². The number of hydrogen-bond donors (Lipinski definition) is 1. The molecular formula is C27H27Cl4N3O4S. The second kappa shape index (κ2) is 13.7. The number of carbonyl (C=O) groups excluding carboxylic acids is 2. The van der Waals surface area contributed by atoms with Crippen LogP contribution in [0, 0.1) is 0 Å². The number of anilines is 1. The molecule has 3 aromatic carbocycles. The van der Waals surface area contributed by atoms with E-state index < -0.39 is 28.5 Å². The normalized spacial score (nSPS) is 12.1. The summed E-state index contributed by atoms with van der Waals surface area (Å²) >= 11 is 24.7. The van der Waals surface area contributed by atoms with E-state index in [0.717, 1.165) is 4.31 Å². The number of likely N-dealkylation sites (N-methyl/N-ethyl adjacent to an activating group) is 1. The first-order chi connectivity index (χ1) is 18.5. The van der Waals surface area contributed by atoms with Gasteiger partial charge in [0, 0.05) is 18.1 Å². The van der Waals surface area contributed by atoms with Crippen LogP contribution in [0.3, 0.4) is 0 Å². The molecule has 0 saturated heterocycles. The Morgan fingerprint density at radius 3 is 2.15 bits per heavy atom. The zero-order valence-corrected chi connectivity index (χ0v) is 25.0. The summed E-state index contributed by atoms with van der Waals surface area (Å²) in [6.45, 7) is 3.25. The summed E-state index contributed by atoms with van der Waals surface area (Å²) in [6, 6.07) is 16.0. The van der Waals surface area contributed by atoms with Crippen molar-refractivity contribution in [1.29, 1.82) is 0 Å². The predicted molar refractivity (Wildman–Crippen MR) is 157 cm³/mol. The van der Waals surface area contributed by atoms with Crippen LogP contribution in [-0.2, 0) is 26.2 Å². The van der Waals surface area contributed by atoms with Gasteiger partial charge in [-0.05, 0) is 61.4 Å². The Bertz CT molecular complexity index is 1440. The largest absolute Gasteiger partial charge is 0.355 e. The van der Waals surface area contributed by atoms with Gasteiger partial charge in [-0.1, -0.05) is 77.6 Å². The van der Waals surface area contributed by atoms with Gasteiger partial charge in [0.2, 0.25) is 11.8 Å². The molecule has 0 unspecified atom stereocenters. The van der Waals surface area contributed by atoms with Gasteiger partial charge in [0.25, 0.3) is 10.0 Å². The van der Waals surface area contributed by atoms with E-state index in [4.69, 9.17) is 46.4 Å². The molecule has 3 rings (SSSR count). The summed E-state index contributed by atoms with van der Waals surface area (Å²) in [4.78, 5) is 28.2. The molecular weight excluding hydrogens is 604 g/mol. The fraction of sp³-hybridized carbons (Fsp3) is 0.259. The maximum absolute atomic E-state index is 14.0. The molecule has 0 aromatic heterocycles. The molecule has 3 aromatic rings. The van der Waals surface area contributed by atoms with E-state index in [1.54, 1.807) is 50.2 Å². The minimum atomic E-state index is -4.25. The highest BCUT2D eigenvalue weighted by molar-refractivity contribution is 7.92. The Morgan fingerprint density at radius 1 is 0.872 bits per heavy atom. The van der Waals surface area contributed by atoms with E-state index in [2.05, 4.69) is 5.32 Å². The van der Waals surface area contributed by atoms with Gasteiger partial charge in [-0.15, -0.1) is 0 Å². The lowest BCUT2D eigenvalue weighted by Crippen LogP contribution is -2.52. The van der Waals surface area contributed by atoms with Gasteiger partial charge in [-0.25, -0.2) is 8.42 Å². The highest BCUT2D eigenvalue weighted by Crippen LogP contribution is 2.33. The summed E-state index contributed by atoms with van der Waals surface area (Å²) < 4.78 is 28.5. The molecule has 12 heteroatoms. The highest BCUT2D eigenvalue weighted by atomic mass is 35.5. The van der Waals surface area contributed by atoms with E-state index in [1.165, 1.54) is 35.2 Å². The number of rotatable bonds is 11. The molecule has 0 bridgehead atoms. The fourth-order valence-corrected chi connectivity index (χ4v) is 6.30. The van der Waals surface area contributed by atoms with Gasteiger partial charge < -0.3 is 10.2 Å². The first-order valence-electron chi connectivity index (χ1n) is 12.0. The number of carbonyl (C=O) groups is 2. The Morgan fingerprint density at radius 2 is 1.56 bits per heavy atom. The van der Waals surface area contributed by atoms with E-state index >= 15 is 0 Å². The maximum Gasteiger partial charge on any atom is 0.264 e. The van der Waals surface area contributed by atoms with Crippen LogP contribution < -0.4 is 9.62 Å². The molecule has 0 aliphatic heterocycles. The van der Waals surface area contributed by atoms with Crippen LogP contribution in [-0.4, -0.2) is 44.3 Å². The number of halogens is 4. The number of hydrogen-bond acceptors (Lipinski definition) is 4. The van der Waals surface area contributed by atoms with Crippen molar-refractivity contribution in [2.75, 3.05) is 17.4 Å². The zero-order chi connectivity index (χ0) is 28.7. The number of amides is 2. The van der Waals surface area contributed by atoms with E-state index in [1.807, 2.05) is 0 Å². The third-order valence-corrected chi connectivity index (χ3v) is 8.91. The lowest BCUT2D eigenvalue weighted by molar-refractivity contribution is -0.140. The molecule has 0 radical (unpaired) electrons. The molecule has 0 heterocycles. The molecule has 1 atom stereocenters. The first kappa shape index (κ1) is 31.0.